The number of hydrogen-bond donors (Lipinski definition) is 3. The van der Waals surface area contributed by atoms with Crippen molar-refractivity contribution in [2.24, 2.45) is 4.99 Å². The zero-order valence-electron chi connectivity index (χ0n) is 19.2. The van der Waals surface area contributed by atoms with Crippen LogP contribution < -0.4 is 21.5 Å². The molecule has 0 bridgehead atoms. The van der Waals surface area contributed by atoms with Crippen molar-refractivity contribution >= 4 is 40.8 Å². The van der Waals surface area contributed by atoms with Gasteiger partial charge in [0.15, 0.2) is 17.2 Å². The van der Waals surface area contributed by atoms with E-state index in [0.29, 0.717) is 35.1 Å². The Hall–Kier alpha value is -4.02. The third-order valence-electron chi connectivity index (χ3n) is 5.30. The number of nitrogens with one attached hydrogen (secondary N) is 3. The molecule has 2 unspecified atom stereocenters. The van der Waals surface area contributed by atoms with Crippen molar-refractivity contribution in [3.63, 3.8) is 0 Å². The molecule has 0 radical (unpaired) electrons. The van der Waals surface area contributed by atoms with E-state index < -0.39 is 18.1 Å². The second-order valence-electron chi connectivity index (χ2n) is 7.58. The van der Waals surface area contributed by atoms with Gasteiger partial charge in [0.25, 0.3) is 11.5 Å². The molecule has 3 aromatic rings. The summed E-state index contributed by atoms with van der Waals surface area (Å²) in [5.74, 6) is 0.446. The second-order valence-corrected chi connectivity index (χ2v) is 7.58. The second kappa shape index (κ2) is 9.86. The number of pyridine rings is 1. The Balaban J connectivity index is 0.00000133. The van der Waals surface area contributed by atoms with Crippen LogP contribution >= 0.6 is 0 Å². The molecule has 5 rings (SSSR count). The lowest BCUT2D eigenvalue weighted by molar-refractivity contribution is 0.0940. The molecule has 10 nitrogen and oxygen atoms in total. The van der Waals surface area contributed by atoms with Crippen LogP contribution in [0.25, 0.3) is 11.5 Å². The lowest BCUT2D eigenvalue weighted by atomic mass is 10.2. The Morgan fingerprint density at radius 1 is 1.24 bits per heavy atom. The molecule has 3 N–H and O–H groups in total. The fourth-order valence-electron chi connectivity index (χ4n) is 3.49. The van der Waals surface area contributed by atoms with E-state index in [-0.39, 0.29) is 11.3 Å². The topological polar surface area (TPSA) is 118 Å². The molecule has 1 fully saturated rings. The highest BCUT2D eigenvalue weighted by atomic mass is 19.1. The first-order valence-corrected chi connectivity index (χ1v) is 11.3. The molecular formula is C23H27FN8O2. The molecule has 2 aliphatic rings. The molecule has 0 saturated heterocycles. The summed E-state index contributed by atoms with van der Waals surface area (Å²) in [5.41, 5.74) is 1.23. The molecule has 3 aromatic heterocycles. The van der Waals surface area contributed by atoms with Gasteiger partial charge < -0.3 is 16.0 Å². The predicted octanol–water partition coefficient (Wildman–Crippen LogP) is 3.21. The summed E-state index contributed by atoms with van der Waals surface area (Å²) in [4.78, 5) is 34.1. The van der Waals surface area contributed by atoms with Gasteiger partial charge in [0.2, 0.25) is 0 Å². The van der Waals surface area contributed by atoms with E-state index in [9.17, 15) is 14.0 Å². The Labute approximate surface area is 195 Å². The lowest BCUT2D eigenvalue weighted by Crippen LogP contribution is -2.28. The van der Waals surface area contributed by atoms with Crippen molar-refractivity contribution < 1.29 is 9.18 Å². The summed E-state index contributed by atoms with van der Waals surface area (Å²) in [6, 6.07) is 4.60. The molecule has 34 heavy (non-hydrogen) atoms. The number of alkyl halides is 1. The van der Waals surface area contributed by atoms with Crippen LogP contribution in [0.4, 0.5) is 21.6 Å². The summed E-state index contributed by atoms with van der Waals surface area (Å²) >= 11 is 0. The van der Waals surface area contributed by atoms with Crippen LogP contribution in [-0.4, -0.2) is 50.5 Å². The molecule has 1 amide bonds. The first-order chi connectivity index (χ1) is 16.5. The van der Waals surface area contributed by atoms with Gasteiger partial charge in [-0.3, -0.25) is 14.2 Å². The van der Waals surface area contributed by atoms with E-state index in [1.807, 2.05) is 19.9 Å². The third-order valence-corrected chi connectivity index (χ3v) is 5.30. The van der Waals surface area contributed by atoms with Gasteiger partial charge in [0, 0.05) is 31.9 Å². The van der Waals surface area contributed by atoms with Crippen molar-refractivity contribution in [2.45, 2.75) is 45.3 Å². The molecule has 11 heteroatoms. The van der Waals surface area contributed by atoms with Crippen LogP contribution in [0, 0.1) is 0 Å². The van der Waals surface area contributed by atoms with Gasteiger partial charge in [-0.1, -0.05) is 13.8 Å². The van der Waals surface area contributed by atoms with Crippen LogP contribution in [0.3, 0.4) is 0 Å². The highest BCUT2D eigenvalue weighted by Gasteiger charge is 2.39. The maximum Gasteiger partial charge on any atom is 0.279 e. The number of anilines is 3. The number of aromatic nitrogens is 4. The Bertz CT molecular complexity index is 1330. The molecule has 178 valence electrons. The average molecular weight is 467 g/mol. The van der Waals surface area contributed by atoms with E-state index in [0.717, 1.165) is 12.8 Å². The zero-order valence-corrected chi connectivity index (χ0v) is 19.2. The van der Waals surface area contributed by atoms with Crippen LogP contribution in [0.5, 0.6) is 0 Å². The lowest BCUT2D eigenvalue weighted by Gasteiger charge is -2.13. The zero-order chi connectivity index (χ0) is 24.2. The minimum absolute atomic E-state index is 0.173. The maximum atomic E-state index is 13.2. The summed E-state index contributed by atoms with van der Waals surface area (Å²) in [7, 11) is 1.72. The van der Waals surface area contributed by atoms with E-state index in [4.69, 9.17) is 0 Å². The van der Waals surface area contributed by atoms with Crippen molar-refractivity contribution in [1.29, 1.82) is 0 Å². The molecule has 1 saturated carbocycles. The third kappa shape index (κ3) is 4.54. The molecule has 0 aromatic carbocycles. The molecule has 2 atom stereocenters. The quantitative estimate of drug-likeness (QED) is 0.514. The number of carbonyl (C=O) groups excluding carboxylic acids is 1. The molecular weight excluding hydrogens is 439 g/mol. The van der Waals surface area contributed by atoms with Gasteiger partial charge in [-0.15, -0.1) is 5.10 Å². The molecule has 4 heterocycles. The minimum Gasteiger partial charge on any atom is -0.385 e. The first kappa shape index (κ1) is 23.1. The monoisotopic (exact) mass is 466 g/mol. The molecule has 1 aliphatic heterocycles. The summed E-state index contributed by atoms with van der Waals surface area (Å²) in [6.07, 6.45) is 7.71. The Kier molecular flexibility index (Phi) is 6.71. The van der Waals surface area contributed by atoms with Gasteiger partial charge in [-0.05, 0) is 31.1 Å². The van der Waals surface area contributed by atoms with Crippen molar-refractivity contribution in [2.75, 3.05) is 17.7 Å². The fourth-order valence-corrected chi connectivity index (χ4v) is 3.49. The normalized spacial score (nSPS) is 18.5. The van der Waals surface area contributed by atoms with Crippen LogP contribution in [-0.2, 0) is 0 Å². The van der Waals surface area contributed by atoms with E-state index in [1.54, 1.807) is 37.7 Å². The van der Waals surface area contributed by atoms with Gasteiger partial charge >= 0.3 is 0 Å². The van der Waals surface area contributed by atoms with Gasteiger partial charge in [-0.2, -0.15) is 0 Å². The SMILES string of the molecule is CC.CNc1cc(Nc2cccn(C3=CCCC=N3)c2=O)nn2c(C(=O)NC3CC3F)cnc12. The summed E-state index contributed by atoms with van der Waals surface area (Å²) < 4.78 is 16.0. The summed E-state index contributed by atoms with van der Waals surface area (Å²) in [5, 5.41) is 13.1. The number of amides is 1. The summed E-state index contributed by atoms with van der Waals surface area (Å²) in [6.45, 7) is 4.00. The van der Waals surface area contributed by atoms with Crippen LogP contribution in [0.15, 0.2) is 46.5 Å². The number of allylic oxidation sites excluding steroid dienone is 1. The average Bonchev–Trinajstić information content (AvgIpc) is 3.38. The van der Waals surface area contributed by atoms with Crippen LogP contribution in [0.2, 0.25) is 0 Å². The van der Waals surface area contributed by atoms with Crippen molar-refractivity contribution in [1.82, 2.24) is 24.5 Å². The number of halogens is 1. The first-order valence-electron chi connectivity index (χ1n) is 11.3. The van der Waals surface area contributed by atoms with E-state index >= 15 is 0 Å². The maximum absolute atomic E-state index is 13.2. The molecule has 0 spiro atoms. The smallest absolute Gasteiger partial charge is 0.279 e. The van der Waals surface area contributed by atoms with Crippen LogP contribution in [0.1, 0.15) is 43.6 Å². The largest absolute Gasteiger partial charge is 0.385 e. The number of rotatable bonds is 6. The van der Waals surface area contributed by atoms with Gasteiger partial charge in [-0.25, -0.2) is 18.9 Å². The predicted molar refractivity (Wildman–Crippen MR) is 131 cm³/mol. The van der Waals surface area contributed by atoms with E-state index in [1.165, 1.54) is 15.3 Å². The number of nitrogens with zero attached hydrogens (tertiary/aromatic N) is 5. The van der Waals surface area contributed by atoms with Gasteiger partial charge in [0.1, 0.15) is 17.7 Å². The number of aliphatic imine (C=N–C) groups is 1. The fraction of sp³-hybridized carbons (Fsp3) is 0.348. The number of carbonyl (C=O) groups is 1. The number of imidazole rings is 1. The standard InChI is InChI=1S/C21H21FN8O2.C2H6/c1-23-15-10-17(26-13-5-4-8-29(21(13)32)18-6-2-3-7-24-18)28-30-16(11-25-19(15)30)20(31)27-14-9-12(14)22;1-2/h4-8,10-12,14,23H,2-3,9H2,1H3,(H,26,28)(H,27,31);1-2H3. The van der Waals surface area contributed by atoms with E-state index in [2.05, 4.69) is 31.0 Å². The molecule has 1 aliphatic carbocycles. The number of fused-ring (bicyclic) bond motifs is 1. The Morgan fingerprint density at radius 3 is 2.71 bits per heavy atom. The highest BCUT2D eigenvalue weighted by Crippen LogP contribution is 2.26. The highest BCUT2D eigenvalue weighted by molar-refractivity contribution is 5.94. The van der Waals surface area contributed by atoms with Crippen molar-refractivity contribution in [3.8, 4) is 0 Å². The van der Waals surface area contributed by atoms with Crippen molar-refractivity contribution in [3.05, 3.63) is 52.7 Å². The Morgan fingerprint density at radius 2 is 2.03 bits per heavy atom. The number of hydrogen-bond acceptors (Lipinski definition) is 7. The minimum atomic E-state index is -1.01. The van der Waals surface area contributed by atoms with Gasteiger partial charge in [0.05, 0.1) is 17.9 Å².